The minimum absolute atomic E-state index is 0.0755. The summed E-state index contributed by atoms with van der Waals surface area (Å²) in [6.07, 6.45) is 0. The Morgan fingerprint density at radius 2 is 1.56 bits per heavy atom. The van der Waals surface area contributed by atoms with Crippen LogP contribution in [0.4, 0.5) is 11.4 Å². The van der Waals surface area contributed by atoms with Crippen molar-refractivity contribution in [3.05, 3.63) is 66.2 Å². The van der Waals surface area contributed by atoms with Crippen molar-refractivity contribution < 1.29 is 4.79 Å². The van der Waals surface area contributed by atoms with Gasteiger partial charge in [0.1, 0.15) is 0 Å². The number of para-hydroxylation sites is 2. The number of amides is 1. The molecule has 1 amide bonds. The van der Waals surface area contributed by atoms with Gasteiger partial charge in [0.05, 0.1) is 17.1 Å². The molecule has 0 atom stereocenters. The van der Waals surface area contributed by atoms with Crippen LogP contribution in [0.2, 0.25) is 0 Å². The second kappa shape index (κ2) is 3.74. The summed E-state index contributed by atoms with van der Waals surface area (Å²) in [5.74, 6) is -0.0755. The largest absolute Gasteiger partial charge is 0.397 e. The molecule has 88 valence electrons. The summed E-state index contributed by atoms with van der Waals surface area (Å²) < 4.78 is 0. The SMILES string of the molecule is C=C1c2ccccc2C(=O)N1c1ccccc1N. The van der Waals surface area contributed by atoms with Crippen molar-refractivity contribution in [2.24, 2.45) is 0 Å². The summed E-state index contributed by atoms with van der Waals surface area (Å²) in [5, 5.41) is 0. The van der Waals surface area contributed by atoms with E-state index in [-0.39, 0.29) is 5.91 Å². The van der Waals surface area contributed by atoms with Gasteiger partial charge in [-0.15, -0.1) is 0 Å². The highest BCUT2D eigenvalue weighted by Gasteiger charge is 2.32. The number of nitrogen functional groups attached to an aromatic ring is 1. The normalized spacial score (nSPS) is 13.9. The standard InChI is InChI=1S/C15H12N2O/c1-10-11-6-2-3-7-12(11)15(18)17(10)14-9-5-4-8-13(14)16/h2-9H,1,16H2. The van der Waals surface area contributed by atoms with Gasteiger partial charge in [0.15, 0.2) is 0 Å². The molecule has 3 nitrogen and oxygen atoms in total. The molecule has 3 rings (SSSR count). The molecule has 0 fully saturated rings. The van der Waals surface area contributed by atoms with Crippen LogP contribution in [-0.2, 0) is 0 Å². The van der Waals surface area contributed by atoms with Crippen LogP contribution in [0, 0.1) is 0 Å². The number of carbonyl (C=O) groups excluding carboxylic acids is 1. The molecule has 1 aliphatic rings. The Morgan fingerprint density at radius 3 is 2.22 bits per heavy atom. The van der Waals surface area contributed by atoms with E-state index in [1.807, 2.05) is 42.5 Å². The number of anilines is 2. The van der Waals surface area contributed by atoms with Crippen LogP contribution >= 0.6 is 0 Å². The third-order valence-corrected chi connectivity index (χ3v) is 3.12. The van der Waals surface area contributed by atoms with Crippen molar-refractivity contribution in [2.45, 2.75) is 0 Å². The number of benzene rings is 2. The minimum Gasteiger partial charge on any atom is -0.397 e. The van der Waals surface area contributed by atoms with E-state index in [0.717, 1.165) is 5.56 Å². The van der Waals surface area contributed by atoms with Crippen molar-refractivity contribution in [1.82, 2.24) is 0 Å². The molecular weight excluding hydrogens is 224 g/mol. The average molecular weight is 236 g/mol. The number of fused-ring (bicyclic) bond motifs is 1. The van der Waals surface area contributed by atoms with Crippen molar-refractivity contribution >= 4 is 23.0 Å². The molecule has 0 bridgehead atoms. The summed E-state index contributed by atoms with van der Waals surface area (Å²) in [5.41, 5.74) is 9.39. The molecule has 2 aromatic carbocycles. The van der Waals surface area contributed by atoms with E-state index < -0.39 is 0 Å². The second-order valence-corrected chi connectivity index (χ2v) is 4.19. The molecule has 3 heteroatoms. The Kier molecular flexibility index (Phi) is 2.20. The van der Waals surface area contributed by atoms with Gasteiger partial charge in [-0.2, -0.15) is 0 Å². The molecule has 2 N–H and O–H groups in total. The third kappa shape index (κ3) is 1.34. The molecule has 0 radical (unpaired) electrons. The van der Waals surface area contributed by atoms with Crippen LogP contribution in [0.5, 0.6) is 0 Å². The van der Waals surface area contributed by atoms with E-state index in [0.29, 0.717) is 22.6 Å². The van der Waals surface area contributed by atoms with E-state index >= 15 is 0 Å². The van der Waals surface area contributed by atoms with Gasteiger partial charge in [0.25, 0.3) is 5.91 Å². The molecule has 0 aromatic heterocycles. The van der Waals surface area contributed by atoms with E-state index in [2.05, 4.69) is 6.58 Å². The number of nitrogens with zero attached hydrogens (tertiary/aromatic N) is 1. The van der Waals surface area contributed by atoms with E-state index in [1.54, 1.807) is 11.0 Å². The van der Waals surface area contributed by atoms with Gasteiger partial charge in [-0.25, -0.2) is 0 Å². The number of rotatable bonds is 1. The highest BCUT2D eigenvalue weighted by Crippen LogP contribution is 2.37. The molecule has 1 heterocycles. The first-order valence-corrected chi connectivity index (χ1v) is 5.67. The lowest BCUT2D eigenvalue weighted by molar-refractivity contribution is 0.101. The molecule has 1 aliphatic heterocycles. The first-order chi connectivity index (χ1) is 8.70. The van der Waals surface area contributed by atoms with Gasteiger partial charge in [0.2, 0.25) is 0 Å². The van der Waals surface area contributed by atoms with E-state index in [1.165, 1.54) is 0 Å². The highest BCUT2D eigenvalue weighted by molar-refractivity contribution is 6.22. The first kappa shape index (κ1) is 10.6. The summed E-state index contributed by atoms with van der Waals surface area (Å²) in [6, 6.07) is 14.8. The fourth-order valence-electron chi connectivity index (χ4n) is 2.23. The fraction of sp³-hybridized carbons (Fsp3) is 0. The Bertz CT molecular complexity index is 626. The number of nitrogens with two attached hydrogens (primary N) is 1. The van der Waals surface area contributed by atoms with Crippen molar-refractivity contribution in [1.29, 1.82) is 0 Å². The van der Waals surface area contributed by atoms with E-state index in [9.17, 15) is 4.79 Å². The monoisotopic (exact) mass is 236 g/mol. The van der Waals surface area contributed by atoms with Gasteiger partial charge in [0, 0.05) is 11.1 Å². The topological polar surface area (TPSA) is 46.3 Å². The average Bonchev–Trinajstić information content (AvgIpc) is 2.64. The maximum atomic E-state index is 12.4. The number of hydrogen-bond acceptors (Lipinski definition) is 2. The minimum atomic E-state index is -0.0755. The first-order valence-electron chi connectivity index (χ1n) is 5.67. The molecule has 18 heavy (non-hydrogen) atoms. The van der Waals surface area contributed by atoms with Crippen LogP contribution < -0.4 is 10.6 Å². The molecular formula is C15H12N2O. The number of carbonyl (C=O) groups is 1. The van der Waals surface area contributed by atoms with Gasteiger partial charge >= 0.3 is 0 Å². The van der Waals surface area contributed by atoms with Crippen molar-refractivity contribution in [3.8, 4) is 0 Å². The maximum absolute atomic E-state index is 12.4. The molecule has 0 aliphatic carbocycles. The lowest BCUT2D eigenvalue weighted by atomic mass is 10.1. The number of hydrogen-bond donors (Lipinski definition) is 1. The predicted octanol–water partition coefficient (Wildman–Crippen LogP) is 2.90. The van der Waals surface area contributed by atoms with Gasteiger partial charge < -0.3 is 5.73 Å². The predicted molar refractivity (Wildman–Crippen MR) is 73.1 cm³/mol. The molecule has 0 saturated carbocycles. The lowest BCUT2D eigenvalue weighted by Crippen LogP contribution is -2.22. The van der Waals surface area contributed by atoms with E-state index in [4.69, 9.17) is 5.73 Å². The molecule has 2 aromatic rings. The Hall–Kier alpha value is -2.55. The Labute approximate surface area is 105 Å². The third-order valence-electron chi connectivity index (χ3n) is 3.12. The summed E-state index contributed by atoms with van der Waals surface area (Å²) in [7, 11) is 0. The maximum Gasteiger partial charge on any atom is 0.263 e. The van der Waals surface area contributed by atoms with Gasteiger partial charge in [-0.3, -0.25) is 9.69 Å². The van der Waals surface area contributed by atoms with Gasteiger partial charge in [-0.1, -0.05) is 36.9 Å². The summed E-state index contributed by atoms with van der Waals surface area (Å²) in [4.78, 5) is 13.9. The summed E-state index contributed by atoms with van der Waals surface area (Å²) >= 11 is 0. The van der Waals surface area contributed by atoms with Crippen LogP contribution in [0.25, 0.3) is 5.70 Å². The van der Waals surface area contributed by atoms with Crippen molar-refractivity contribution in [3.63, 3.8) is 0 Å². The molecule has 0 unspecified atom stereocenters. The van der Waals surface area contributed by atoms with Crippen LogP contribution in [0.15, 0.2) is 55.1 Å². The Balaban J connectivity index is 2.16. The zero-order valence-electron chi connectivity index (χ0n) is 9.76. The quantitative estimate of drug-likeness (QED) is 0.774. The van der Waals surface area contributed by atoms with Crippen LogP contribution in [-0.4, -0.2) is 5.91 Å². The smallest absolute Gasteiger partial charge is 0.263 e. The van der Waals surface area contributed by atoms with Crippen molar-refractivity contribution in [2.75, 3.05) is 10.6 Å². The highest BCUT2D eigenvalue weighted by atomic mass is 16.2. The van der Waals surface area contributed by atoms with Crippen LogP contribution in [0.1, 0.15) is 15.9 Å². The zero-order valence-corrected chi connectivity index (χ0v) is 9.76. The zero-order chi connectivity index (χ0) is 12.7. The molecule has 0 saturated heterocycles. The van der Waals surface area contributed by atoms with Crippen LogP contribution in [0.3, 0.4) is 0 Å². The second-order valence-electron chi connectivity index (χ2n) is 4.19. The Morgan fingerprint density at radius 1 is 0.944 bits per heavy atom. The fourth-order valence-corrected chi connectivity index (χ4v) is 2.23. The summed E-state index contributed by atoms with van der Waals surface area (Å²) in [6.45, 7) is 3.99. The van der Waals surface area contributed by atoms with Gasteiger partial charge in [-0.05, 0) is 18.2 Å². The molecule has 0 spiro atoms. The lowest BCUT2D eigenvalue weighted by Gasteiger charge is -2.19.